The summed E-state index contributed by atoms with van der Waals surface area (Å²) in [6.45, 7) is 0.196. The molecule has 1 aliphatic carbocycles. The number of carbonyl (C=O) groups is 4. The number of imide groups is 2. The highest BCUT2D eigenvalue weighted by Crippen LogP contribution is 2.41. The summed E-state index contributed by atoms with van der Waals surface area (Å²) < 4.78 is 0. The van der Waals surface area contributed by atoms with Crippen LogP contribution < -0.4 is 16.0 Å². The molecule has 8 nitrogen and oxygen atoms in total. The number of urea groups is 2. The van der Waals surface area contributed by atoms with Crippen molar-refractivity contribution in [3.05, 3.63) is 71.3 Å². The molecule has 8 heteroatoms. The van der Waals surface area contributed by atoms with Crippen molar-refractivity contribution >= 4 is 23.9 Å². The second kappa shape index (κ2) is 7.98. The third-order valence-corrected chi connectivity index (χ3v) is 5.53. The predicted octanol–water partition coefficient (Wildman–Crippen LogP) is 1.80. The van der Waals surface area contributed by atoms with Gasteiger partial charge in [0.25, 0.3) is 5.91 Å². The zero-order chi connectivity index (χ0) is 21.1. The van der Waals surface area contributed by atoms with Gasteiger partial charge >= 0.3 is 12.1 Å². The van der Waals surface area contributed by atoms with E-state index in [0.29, 0.717) is 12.8 Å². The van der Waals surface area contributed by atoms with Gasteiger partial charge in [0.15, 0.2) is 0 Å². The summed E-state index contributed by atoms with van der Waals surface area (Å²) in [5.74, 6) is -0.910. The maximum atomic E-state index is 13.0. The van der Waals surface area contributed by atoms with Crippen molar-refractivity contribution in [2.24, 2.45) is 0 Å². The van der Waals surface area contributed by atoms with Crippen molar-refractivity contribution in [3.63, 3.8) is 0 Å². The Hall–Kier alpha value is -3.68. The number of nitrogens with zero attached hydrogens (tertiary/aromatic N) is 1. The number of aryl methyl sites for hydroxylation is 1. The highest BCUT2D eigenvalue weighted by molar-refractivity contribution is 6.08. The zero-order valence-electron chi connectivity index (χ0n) is 16.3. The van der Waals surface area contributed by atoms with Crippen LogP contribution in [0.25, 0.3) is 0 Å². The standard InChI is InChI=1S/C22H22N4O4/c27-18(24-20(29)23-14-15-6-2-1-3-7-15)11-13-26-19(28)22(25-21(26)30)12-10-16-8-4-5-9-17(16)22/h1-9H,10-14H2,(H,25,30)(H2,23,24,27,29)/t22-/m1/s1. The molecule has 1 spiro atoms. The first-order chi connectivity index (χ1) is 14.5. The van der Waals surface area contributed by atoms with Crippen LogP contribution in [-0.2, 0) is 28.1 Å². The Morgan fingerprint density at radius 2 is 1.77 bits per heavy atom. The Bertz CT molecular complexity index is 1010. The summed E-state index contributed by atoms with van der Waals surface area (Å²) in [4.78, 5) is 50.5. The summed E-state index contributed by atoms with van der Waals surface area (Å²) in [5.41, 5.74) is 1.72. The van der Waals surface area contributed by atoms with E-state index in [1.807, 2.05) is 54.6 Å². The molecule has 0 aromatic heterocycles. The fourth-order valence-electron chi connectivity index (χ4n) is 4.02. The molecule has 6 amide bonds. The minimum absolute atomic E-state index is 0.0909. The first-order valence-corrected chi connectivity index (χ1v) is 9.84. The Morgan fingerprint density at radius 1 is 1.03 bits per heavy atom. The van der Waals surface area contributed by atoms with Crippen LogP contribution in [0, 0.1) is 0 Å². The van der Waals surface area contributed by atoms with E-state index in [9.17, 15) is 19.2 Å². The van der Waals surface area contributed by atoms with Crippen molar-refractivity contribution in [2.75, 3.05) is 6.54 Å². The largest absolute Gasteiger partial charge is 0.334 e. The summed E-state index contributed by atoms with van der Waals surface area (Å²) >= 11 is 0. The predicted molar refractivity (Wildman–Crippen MR) is 108 cm³/mol. The van der Waals surface area contributed by atoms with Gasteiger partial charge in [-0.15, -0.1) is 0 Å². The lowest BCUT2D eigenvalue weighted by Gasteiger charge is -2.22. The second-order valence-corrected chi connectivity index (χ2v) is 7.42. The van der Waals surface area contributed by atoms with E-state index >= 15 is 0 Å². The smallest absolute Gasteiger partial charge is 0.325 e. The average Bonchev–Trinajstić information content (AvgIpc) is 3.24. The van der Waals surface area contributed by atoms with Crippen molar-refractivity contribution in [2.45, 2.75) is 31.3 Å². The number of benzene rings is 2. The van der Waals surface area contributed by atoms with Crippen molar-refractivity contribution in [1.82, 2.24) is 20.9 Å². The molecule has 0 radical (unpaired) electrons. The molecule has 4 rings (SSSR count). The SMILES string of the molecule is O=C(CCN1C(=O)N[C@@]2(CCc3ccccc32)C1=O)NC(=O)NCc1ccccc1. The minimum Gasteiger partial charge on any atom is -0.334 e. The topological polar surface area (TPSA) is 108 Å². The first kappa shape index (κ1) is 19.6. The Morgan fingerprint density at radius 3 is 2.57 bits per heavy atom. The van der Waals surface area contributed by atoms with Crippen LogP contribution in [0.3, 0.4) is 0 Å². The Labute approximate surface area is 173 Å². The molecule has 1 atom stereocenters. The average molecular weight is 406 g/mol. The van der Waals surface area contributed by atoms with Gasteiger partial charge in [0.05, 0.1) is 0 Å². The van der Waals surface area contributed by atoms with Gasteiger partial charge in [-0.3, -0.25) is 19.8 Å². The van der Waals surface area contributed by atoms with Crippen LogP contribution in [0.5, 0.6) is 0 Å². The van der Waals surface area contributed by atoms with E-state index in [-0.39, 0.29) is 25.4 Å². The molecule has 1 saturated heterocycles. The van der Waals surface area contributed by atoms with E-state index < -0.39 is 23.5 Å². The third kappa shape index (κ3) is 3.63. The summed E-state index contributed by atoms with van der Waals surface area (Å²) in [6, 6.07) is 15.7. The summed E-state index contributed by atoms with van der Waals surface area (Å²) in [5, 5.41) is 7.63. The maximum absolute atomic E-state index is 13.0. The van der Waals surface area contributed by atoms with Gasteiger partial charge in [-0.05, 0) is 29.5 Å². The van der Waals surface area contributed by atoms with Crippen molar-refractivity contribution in [3.8, 4) is 0 Å². The number of carbonyl (C=O) groups excluding carboxylic acids is 4. The van der Waals surface area contributed by atoms with Gasteiger partial charge < -0.3 is 10.6 Å². The fourth-order valence-corrected chi connectivity index (χ4v) is 4.02. The van der Waals surface area contributed by atoms with Crippen molar-refractivity contribution in [1.29, 1.82) is 0 Å². The van der Waals surface area contributed by atoms with Gasteiger partial charge in [-0.25, -0.2) is 9.59 Å². The molecule has 0 unspecified atom stereocenters. The number of nitrogens with one attached hydrogen (secondary N) is 3. The van der Waals surface area contributed by atoms with Crippen LogP contribution in [0.2, 0.25) is 0 Å². The molecule has 3 N–H and O–H groups in total. The molecular formula is C22H22N4O4. The lowest BCUT2D eigenvalue weighted by molar-refractivity contribution is -0.132. The van der Waals surface area contributed by atoms with Gasteiger partial charge in [0.2, 0.25) is 5.91 Å². The molecule has 2 aromatic carbocycles. The lowest BCUT2D eigenvalue weighted by atomic mass is 9.92. The van der Waals surface area contributed by atoms with Crippen LogP contribution >= 0.6 is 0 Å². The molecule has 1 aliphatic heterocycles. The normalized spacial score (nSPS) is 19.5. The van der Waals surface area contributed by atoms with E-state index in [4.69, 9.17) is 0 Å². The van der Waals surface area contributed by atoms with E-state index in [0.717, 1.165) is 21.6 Å². The molecule has 1 heterocycles. The Kier molecular flexibility index (Phi) is 5.22. The van der Waals surface area contributed by atoms with Gasteiger partial charge in [0.1, 0.15) is 5.54 Å². The number of rotatable bonds is 5. The molecule has 2 aromatic rings. The quantitative estimate of drug-likeness (QED) is 0.658. The molecule has 154 valence electrons. The van der Waals surface area contributed by atoms with Gasteiger partial charge in [-0.2, -0.15) is 0 Å². The molecular weight excluding hydrogens is 384 g/mol. The minimum atomic E-state index is -1.04. The van der Waals surface area contributed by atoms with Crippen LogP contribution in [0.1, 0.15) is 29.5 Å². The fraction of sp³-hybridized carbons (Fsp3) is 0.273. The van der Waals surface area contributed by atoms with Crippen LogP contribution in [0.4, 0.5) is 9.59 Å². The molecule has 0 saturated carbocycles. The number of fused-ring (bicyclic) bond motifs is 2. The van der Waals surface area contributed by atoms with Crippen LogP contribution in [-0.4, -0.2) is 35.3 Å². The third-order valence-electron chi connectivity index (χ3n) is 5.53. The summed E-state index contributed by atoms with van der Waals surface area (Å²) in [7, 11) is 0. The molecule has 2 aliphatic rings. The molecule has 0 bridgehead atoms. The second-order valence-electron chi connectivity index (χ2n) is 7.42. The van der Waals surface area contributed by atoms with E-state index in [1.165, 1.54) is 0 Å². The van der Waals surface area contributed by atoms with Crippen molar-refractivity contribution < 1.29 is 19.2 Å². The highest BCUT2D eigenvalue weighted by atomic mass is 16.2. The van der Waals surface area contributed by atoms with E-state index in [2.05, 4.69) is 16.0 Å². The van der Waals surface area contributed by atoms with Gasteiger partial charge in [-0.1, -0.05) is 54.6 Å². The van der Waals surface area contributed by atoms with Crippen LogP contribution in [0.15, 0.2) is 54.6 Å². The molecule has 30 heavy (non-hydrogen) atoms. The maximum Gasteiger partial charge on any atom is 0.325 e. The number of hydrogen-bond acceptors (Lipinski definition) is 4. The number of hydrogen-bond donors (Lipinski definition) is 3. The first-order valence-electron chi connectivity index (χ1n) is 9.84. The highest BCUT2D eigenvalue weighted by Gasteiger charge is 2.55. The lowest BCUT2D eigenvalue weighted by Crippen LogP contribution is -2.43. The molecule has 1 fully saturated rings. The van der Waals surface area contributed by atoms with E-state index in [1.54, 1.807) is 0 Å². The zero-order valence-corrected chi connectivity index (χ0v) is 16.3. The summed E-state index contributed by atoms with van der Waals surface area (Å²) in [6.07, 6.45) is 1.05. The Balaban J connectivity index is 1.31. The monoisotopic (exact) mass is 406 g/mol. The number of amides is 6. The van der Waals surface area contributed by atoms with Gasteiger partial charge in [0, 0.05) is 19.5 Å².